The maximum atomic E-state index is 13.4. The van der Waals surface area contributed by atoms with Crippen LogP contribution in [0.3, 0.4) is 0 Å². The normalized spacial score (nSPS) is 11.8. The van der Waals surface area contributed by atoms with Crippen LogP contribution in [0.5, 0.6) is 11.5 Å². The molecule has 1 aromatic carbocycles. The summed E-state index contributed by atoms with van der Waals surface area (Å²) in [6.07, 6.45) is -0.442. The number of carbonyl (C=O) groups is 1. The summed E-state index contributed by atoms with van der Waals surface area (Å²) in [4.78, 5) is 33.1. The van der Waals surface area contributed by atoms with E-state index < -0.39 is 44.6 Å². The van der Waals surface area contributed by atoms with Crippen LogP contribution < -0.4 is 20.3 Å². The lowest BCUT2D eigenvalue weighted by molar-refractivity contribution is -0.141. The highest BCUT2D eigenvalue weighted by molar-refractivity contribution is 7.90. The number of alkyl halides is 3. The number of carboxylic acid groups (broad SMARTS) is 1. The maximum absolute atomic E-state index is 13.4. The van der Waals surface area contributed by atoms with Gasteiger partial charge in [-0.05, 0) is 12.1 Å². The number of carboxylic acids is 1. The van der Waals surface area contributed by atoms with E-state index in [2.05, 4.69) is 20.4 Å². The van der Waals surface area contributed by atoms with Crippen molar-refractivity contribution in [3.05, 3.63) is 70.5 Å². The summed E-state index contributed by atoms with van der Waals surface area (Å²) in [5, 5.41) is 16.1. The number of nitrogens with zero attached hydrogens (tertiary/aromatic N) is 5. The number of hydrogen-bond donors (Lipinski definition) is 2. The zero-order valence-electron chi connectivity index (χ0n) is 22.2. The minimum Gasteiger partial charge on any atom is -0.497 e. The van der Waals surface area contributed by atoms with Crippen molar-refractivity contribution in [2.45, 2.75) is 12.7 Å². The van der Waals surface area contributed by atoms with Crippen LogP contribution in [-0.2, 0) is 22.6 Å². The van der Waals surface area contributed by atoms with Gasteiger partial charge >= 0.3 is 12.1 Å². The Kier molecular flexibility index (Phi) is 8.24. The number of nitrogens with one attached hydrogen (secondary N) is 1. The number of halogens is 3. The van der Waals surface area contributed by atoms with Crippen molar-refractivity contribution in [3.8, 4) is 28.4 Å². The molecular weight excluding hydrogens is 585 g/mol. The molecule has 0 spiro atoms. The number of aromatic nitrogens is 5. The number of sulfone groups is 1. The van der Waals surface area contributed by atoms with Gasteiger partial charge in [-0.25, -0.2) is 22.9 Å². The van der Waals surface area contributed by atoms with Crippen molar-refractivity contribution < 1.29 is 41.0 Å². The number of aryl methyl sites for hydroxylation is 1. The predicted octanol–water partition coefficient (Wildman–Crippen LogP) is 3.01. The average Bonchev–Trinajstić information content (AvgIpc) is 3.43. The average molecular weight is 609 g/mol. The van der Waals surface area contributed by atoms with E-state index >= 15 is 0 Å². The fraction of sp³-hybridized carbons (Fsp3) is 0.240. The van der Waals surface area contributed by atoms with Gasteiger partial charge in [-0.3, -0.25) is 4.79 Å². The van der Waals surface area contributed by atoms with E-state index in [4.69, 9.17) is 9.47 Å². The van der Waals surface area contributed by atoms with E-state index in [9.17, 15) is 36.3 Å². The molecule has 0 atom stereocenters. The van der Waals surface area contributed by atoms with Crippen LogP contribution in [0.2, 0.25) is 0 Å². The van der Waals surface area contributed by atoms with Crippen LogP contribution in [0.15, 0.2) is 53.7 Å². The van der Waals surface area contributed by atoms with Gasteiger partial charge in [0.15, 0.2) is 11.5 Å². The number of hydrogen-bond acceptors (Lipinski definition) is 10. The Hall–Kier alpha value is -4.93. The highest BCUT2D eigenvalue weighted by Crippen LogP contribution is 2.32. The van der Waals surface area contributed by atoms with Crippen molar-refractivity contribution in [1.82, 2.24) is 24.3 Å². The molecule has 0 aliphatic heterocycles. The Morgan fingerprint density at radius 1 is 1.12 bits per heavy atom. The van der Waals surface area contributed by atoms with Gasteiger partial charge in [0, 0.05) is 66.4 Å². The molecule has 4 rings (SSSR count). The second-order valence-corrected chi connectivity index (χ2v) is 11.1. The molecule has 0 aliphatic carbocycles. The molecule has 0 saturated heterocycles. The largest absolute Gasteiger partial charge is 0.497 e. The van der Waals surface area contributed by atoms with E-state index in [1.165, 1.54) is 26.6 Å². The Balaban J connectivity index is 1.90. The fourth-order valence-corrected chi connectivity index (χ4v) is 4.31. The summed E-state index contributed by atoms with van der Waals surface area (Å²) < 4.78 is 75.7. The third-order valence-electron chi connectivity index (χ3n) is 5.80. The van der Waals surface area contributed by atoms with E-state index in [0.29, 0.717) is 17.2 Å². The lowest BCUT2D eigenvalue weighted by atomic mass is 10.1. The minimum absolute atomic E-state index is 0.00352. The zero-order chi connectivity index (χ0) is 30.8. The first-order chi connectivity index (χ1) is 19.7. The molecule has 17 heteroatoms. The molecule has 0 fully saturated rings. The monoisotopic (exact) mass is 608 g/mol. The molecule has 42 heavy (non-hydrogen) atoms. The van der Waals surface area contributed by atoms with Crippen LogP contribution in [0.25, 0.3) is 16.9 Å². The first kappa shape index (κ1) is 30.0. The Morgan fingerprint density at radius 3 is 2.33 bits per heavy atom. The van der Waals surface area contributed by atoms with Gasteiger partial charge in [-0.2, -0.15) is 23.3 Å². The summed E-state index contributed by atoms with van der Waals surface area (Å²) in [6, 6.07) is 6.51. The van der Waals surface area contributed by atoms with Crippen LogP contribution in [0.4, 0.5) is 24.8 Å². The fourth-order valence-electron chi connectivity index (χ4n) is 3.78. The van der Waals surface area contributed by atoms with Crippen molar-refractivity contribution in [2.75, 3.05) is 31.5 Å². The summed E-state index contributed by atoms with van der Waals surface area (Å²) in [5.41, 5.74) is -2.48. The first-order valence-electron chi connectivity index (χ1n) is 11.8. The number of aromatic carboxylic acids is 1. The van der Waals surface area contributed by atoms with Gasteiger partial charge in [0.05, 0.1) is 20.0 Å². The summed E-state index contributed by atoms with van der Waals surface area (Å²) in [6.45, 7) is -0.376. The summed E-state index contributed by atoms with van der Waals surface area (Å²) >= 11 is 0. The lowest BCUT2D eigenvalue weighted by Gasteiger charge is -2.15. The second-order valence-electron chi connectivity index (χ2n) is 8.88. The quantitative estimate of drug-likeness (QED) is 0.272. The predicted molar refractivity (Wildman–Crippen MR) is 143 cm³/mol. The summed E-state index contributed by atoms with van der Waals surface area (Å²) in [7, 11) is -0.650. The first-order valence-corrected chi connectivity index (χ1v) is 13.9. The molecular formula is C25H23F3N6O7S. The molecule has 0 unspecified atom stereocenters. The van der Waals surface area contributed by atoms with E-state index in [-0.39, 0.29) is 29.4 Å². The lowest BCUT2D eigenvalue weighted by Crippen LogP contribution is -2.28. The van der Waals surface area contributed by atoms with Crippen molar-refractivity contribution in [2.24, 2.45) is 0 Å². The third kappa shape index (κ3) is 6.85. The second kappa shape index (κ2) is 11.5. The highest BCUT2D eigenvalue weighted by atomic mass is 32.2. The molecule has 0 radical (unpaired) electrons. The topological polar surface area (TPSA) is 168 Å². The molecule has 222 valence electrons. The third-order valence-corrected chi connectivity index (χ3v) is 6.73. The smallest absolute Gasteiger partial charge is 0.435 e. The molecule has 0 saturated carbocycles. The Bertz CT molecular complexity index is 1800. The number of ether oxygens (including phenoxy) is 2. The van der Waals surface area contributed by atoms with Crippen LogP contribution in [-0.4, -0.2) is 70.0 Å². The molecule has 0 aliphatic rings. The van der Waals surface area contributed by atoms with Gasteiger partial charge in [0.1, 0.15) is 26.9 Å². The SMILES string of the molecule is COc1cc(Nc2ncc(-c3cc(C(=O)O)c(=O)n(CCS(C)(=O)=O)c3)c(-n3ccc(C(F)(F)F)n3)n2)cc(OC)c1. The Labute approximate surface area is 236 Å². The molecule has 2 N–H and O–H groups in total. The van der Waals surface area contributed by atoms with Gasteiger partial charge in [-0.15, -0.1) is 0 Å². The van der Waals surface area contributed by atoms with Gasteiger partial charge in [-0.1, -0.05) is 0 Å². The van der Waals surface area contributed by atoms with Gasteiger partial charge in [0.2, 0.25) is 5.95 Å². The van der Waals surface area contributed by atoms with Crippen molar-refractivity contribution in [1.29, 1.82) is 0 Å². The van der Waals surface area contributed by atoms with Gasteiger partial charge in [0.25, 0.3) is 5.56 Å². The van der Waals surface area contributed by atoms with Crippen molar-refractivity contribution >= 4 is 27.4 Å². The number of rotatable bonds is 10. The number of pyridine rings is 1. The molecule has 13 nitrogen and oxygen atoms in total. The zero-order valence-corrected chi connectivity index (χ0v) is 23.0. The number of benzene rings is 1. The number of methoxy groups -OCH3 is 2. The molecule has 3 aromatic heterocycles. The Morgan fingerprint density at radius 2 is 1.79 bits per heavy atom. The van der Waals surface area contributed by atoms with E-state index in [0.717, 1.165) is 33.8 Å². The highest BCUT2D eigenvalue weighted by Gasteiger charge is 2.34. The van der Waals surface area contributed by atoms with Gasteiger partial charge < -0.3 is 24.5 Å². The van der Waals surface area contributed by atoms with Crippen LogP contribution in [0.1, 0.15) is 16.1 Å². The standard InChI is InChI=1S/C25H23F3N6O7S/c1-40-16-9-15(10-17(11-16)41-2)30-24-29-12-19(21(31-24)34-5-4-20(32-34)25(26,27)28)14-8-18(23(36)37)22(35)33(13-14)6-7-42(3,38)39/h4-5,8-13H,6-7H2,1-3H3,(H,36,37)(H,29,30,31). The van der Waals surface area contributed by atoms with Crippen LogP contribution in [0, 0.1) is 0 Å². The molecule has 3 heterocycles. The van der Waals surface area contributed by atoms with E-state index in [1.807, 2.05) is 0 Å². The van der Waals surface area contributed by atoms with Crippen LogP contribution >= 0.6 is 0 Å². The minimum atomic E-state index is -4.77. The molecule has 4 aromatic rings. The maximum Gasteiger partial charge on any atom is 0.435 e. The molecule has 0 amide bonds. The van der Waals surface area contributed by atoms with E-state index in [1.54, 1.807) is 18.2 Å². The molecule has 0 bridgehead atoms. The van der Waals surface area contributed by atoms with Crippen molar-refractivity contribution in [3.63, 3.8) is 0 Å². The summed E-state index contributed by atoms with van der Waals surface area (Å²) in [5.74, 6) is -1.51. The number of anilines is 2.